The third kappa shape index (κ3) is 2.94. The summed E-state index contributed by atoms with van der Waals surface area (Å²) in [5, 5.41) is 17.3. The molecule has 1 aliphatic rings. The molecule has 3 rings (SSSR count). The monoisotopic (exact) mass is 279 g/mol. The van der Waals surface area contributed by atoms with Gasteiger partial charge in [-0.2, -0.15) is 4.98 Å². The fraction of sp³-hybridized carbons (Fsp3) is 0.385. The molecule has 5 nitrogen and oxygen atoms in total. The van der Waals surface area contributed by atoms with Crippen LogP contribution in [0.25, 0.3) is 0 Å². The Balaban J connectivity index is 1.71. The minimum atomic E-state index is -0.340. The van der Waals surface area contributed by atoms with E-state index in [2.05, 4.69) is 15.5 Å². The largest absolute Gasteiger partial charge is 0.392 e. The standard InChI is InChI=1S/C13H14ClN3O2/c14-9-3-1-2-8(4-9)5-12-16-13(19-17-12)11-6-10(18)7-15-11/h1-4,10-11,15,18H,5-7H2/t10?,11-/m0/s1. The van der Waals surface area contributed by atoms with Crippen molar-refractivity contribution >= 4 is 11.6 Å². The molecule has 1 aromatic heterocycles. The highest BCUT2D eigenvalue weighted by atomic mass is 35.5. The van der Waals surface area contributed by atoms with Gasteiger partial charge in [-0.1, -0.05) is 28.9 Å². The molecule has 0 spiro atoms. The second kappa shape index (κ2) is 5.28. The Morgan fingerprint density at radius 3 is 3.11 bits per heavy atom. The van der Waals surface area contributed by atoms with E-state index < -0.39 is 0 Å². The van der Waals surface area contributed by atoms with Gasteiger partial charge in [0.2, 0.25) is 5.89 Å². The number of benzene rings is 1. The zero-order valence-corrected chi connectivity index (χ0v) is 11.0. The molecule has 2 N–H and O–H groups in total. The molecule has 6 heteroatoms. The molecule has 1 saturated heterocycles. The lowest BCUT2D eigenvalue weighted by Crippen LogP contribution is -2.15. The summed E-state index contributed by atoms with van der Waals surface area (Å²) in [6, 6.07) is 7.54. The number of rotatable bonds is 3. The van der Waals surface area contributed by atoms with Gasteiger partial charge in [-0.15, -0.1) is 0 Å². The number of β-amino-alcohol motifs (C(OH)–C–C–N with tert-alkyl or cyclic N) is 1. The molecular weight excluding hydrogens is 266 g/mol. The Hall–Kier alpha value is -1.43. The van der Waals surface area contributed by atoms with Crippen LogP contribution in [-0.2, 0) is 6.42 Å². The Morgan fingerprint density at radius 2 is 2.37 bits per heavy atom. The van der Waals surface area contributed by atoms with Crippen LogP contribution >= 0.6 is 11.6 Å². The molecule has 0 aliphatic carbocycles. The molecular formula is C13H14ClN3O2. The number of hydrogen-bond acceptors (Lipinski definition) is 5. The number of halogens is 1. The van der Waals surface area contributed by atoms with Gasteiger partial charge in [-0.3, -0.25) is 0 Å². The van der Waals surface area contributed by atoms with E-state index in [0.29, 0.717) is 36.1 Å². The molecule has 1 aliphatic heterocycles. The summed E-state index contributed by atoms with van der Waals surface area (Å²) in [4.78, 5) is 4.36. The summed E-state index contributed by atoms with van der Waals surface area (Å²) in [6.07, 6.45) is 0.853. The van der Waals surface area contributed by atoms with Crippen molar-refractivity contribution in [2.45, 2.75) is 25.0 Å². The fourth-order valence-corrected chi connectivity index (χ4v) is 2.43. The van der Waals surface area contributed by atoms with Crippen molar-refractivity contribution in [3.05, 3.63) is 46.6 Å². The summed E-state index contributed by atoms with van der Waals surface area (Å²) in [7, 11) is 0. The van der Waals surface area contributed by atoms with Crippen molar-refractivity contribution < 1.29 is 9.63 Å². The van der Waals surface area contributed by atoms with Crippen molar-refractivity contribution in [3.8, 4) is 0 Å². The van der Waals surface area contributed by atoms with E-state index in [1.165, 1.54) is 0 Å². The number of aromatic nitrogens is 2. The van der Waals surface area contributed by atoms with Crippen LogP contribution in [0.15, 0.2) is 28.8 Å². The van der Waals surface area contributed by atoms with Crippen molar-refractivity contribution in [1.82, 2.24) is 15.5 Å². The minimum absolute atomic E-state index is 0.0457. The van der Waals surface area contributed by atoms with E-state index in [0.717, 1.165) is 5.56 Å². The molecule has 2 heterocycles. The summed E-state index contributed by atoms with van der Waals surface area (Å²) < 4.78 is 5.23. The average molecular weight is 280 g/mol. The van der Waals surface area contributed by atoms with Crippen LogP contribution in [-0.4, -0.2) is 27.9 Å². The maximum Gasteiger partial charge on any atom is 0.243 e. The third-order valence-electron chi connectivity index (χ3n) is 3.14. The van der Waals surface area contributed by atoms with Gasteiger partial charge in [-0.05, 0) is 24.1 Å². The Labute approximate surface area is 115 Å². The zero-order chi connectivity index (χ0) is 13.2. The molecule has 0 amide bonds. The van der Waals surface area contributed by atoms with E-state index in [-0.39, 0.29) is 12.1 Å². The van der Waals surface area contributed by atoms with E-state index in [4.69, 9.17) is 16.1 Å². The first-order valence-electron chi connectivity index (χ1n) is 6.19. The molecule has 1 fully saturated rings. The van der Waals surface area contributed by atoms with Crippen LogP contribution in [0.5, 0.6) is 0 Å². The molecule has 2 aromatic rings. The summed E-state index contributed by atoms with van der Waals surface area (Å²) in [5.41, 5.74) is 1.04. The van der Waals surface area contributed by atoms with Crippen molar-refractivity contribution in [2.24, 2.45) is 0 Å². The van der Waals surface area contributed by atoms with Gasteiger partial charge in [0.05, 0.1) is 12.1 Å². The average Bonchev–Trinajstić information content (AvgIpc) is 2.98. The van der Waals surface area contributed by atoms with E-state index in [1.807, 2.05) is 24.3 Å². The molecule has 2 atom stereocenters. The van der Waals surface area contributed by atoms with Crippen LogP contribution < -0.4 is 5.32 Å². The lowest BCUT2D eigenvalue weighted by Gasteiger charge is -2.01. The lowest BCUT2D eigenvalue weighted by molar-refractivity contribution is 0.191. The van der Waals surface area contributed by atoms with Crippen LogP contribution in [0.1, 0.15) is 29.7 Å². The van der Waals surface area contributed by atoms with Crippen molar-refractivity contribution in [3.63, 3.8) is 0 Å². The third-order valence-corrected chi connectivity index (χ3v) is 3.38. The second-order valence-electron chi connectivity index (χ2n) is 4.71. The predicted octanol–water partition coefficient (Wildman–Crippen LogP) is 1.71. The topological polar surface area (TPSA) is 71.2 Å². The number of hydrogen-bond donors (Lipinski definition) is 2. The fourth-order valence-electron chi connectivity index (χ4n) is 2.22. The first-order chi connectivity index (χ1) is 9.20. The van der Waals surface area contributed by atoms with Crippen LogP contribution in [0.4, 0.5) is 0 Å². The minimum Gasteiger partial charge on any atom is -0.392 e. The maximum atomic E-state index is 9.47. The van der Waals surface area contributed by atoms with Gasteiger partial charge in [-0.25, -0.2) is 0 Å². The molecule has 1 unspecified atom stereocenters. The summed E-state index contributed by atoms with van der Waals surface area (Å²) in [6.45, 7) is 0.566. The van der Waals surface area contributed by atoms with Crippen molar-refractivity contribution in [1.29, 1.82) is 0 Å². The SMILES string of the molecule is OC1CN[C@H](c2nc(Cc3cccc(Cl)c3)no2)C1. The predicted molar refractivity (Wildman–Crippen MR) is 69.9 cm³/mol. The number of nitrogens with zero attached hydrogens (tertiary/aromatic N) is 2. The lowest BCUT2D eigenvalue weighted by atomic mass is 10.1. The first-order valence-corrected chi connectivity index (χ1v) is 6.57. The van der Waals surface area contributed by atoms with Gasteiger partial charge in [0, 0.05) is 18.0 Å². The molecule has 100 valence electrons. The van der Waals surface area contributed by atoms with Crippen LogP contribution in [0.2, 0.25) is 5.02 Å². The number of nitrogens with one attached hydrogen (secondary N) is 1. The maximum absolute atomic E-state index is 9.47. The highest BCUT2D eigenvalue weighted by molar-refractivity contribution is 6.30. The van der Waals surface area contributed by atoms with Gasteiger partial charge >= 0.3 is 0 Å². The number of aliphatic hydroxyl groups is 1. The quantitative estimate of drug-likeness (QED) is 0.895. The molecule has 0 radical (unpaired) electrons. The Morgan fingerprint density at radius 1 is 1.47 bits per heavy atom. The molecule has 19 heavy (non-hydrogen) atoms. The highest BCUT2D eigenvalue weighted by Crippen LogP contribution is 2.22. The van der Waals surface area contributed by atoms with E-state index >= 15 is 0 Å². The van der Waals surface area contributed by atoms with Gasteiger partial charge in [0.1, 0.15) is 0 Å². The van der Waals surface area contributed by atoms with Gasteiger partial charge < -0.3 is 14.9 Å². The van der Waals surface area contributed by atoms with E-state index in [9.17, 15) is 5.11 Å². The first kappa shape index (κ1) is 12.6. The highest BCUT2D eigenvalue weighted by Gasteiger charge is 2.27. The second-order valence-corrected chi connectivity index (χ2v) is 5.14. The summed E-state index contributed by atoms with van der Waals surface area (Å²) in [5.74, 6) is 1.16. The molecule has 0 saturated carbocycles. The molecule has 0 bridgehead atoms. The zero-order valence-electron chi connectivity index (χ0n) is 10.2. The van der Waals surface area contributed by atoms with Crippen LogP contribution in [0, 0.1) is 0 Å². The van der Waals surface area contributed by atoms with Gasteiger partial charge in [0.15, 0.2) is 5.82 Å². The Kier molecular flexibility index (Phi) is 3.50. The normalized spacial score (nSPS) is 22.8. The van der Waals surface area contributed by atoms with Crippen molar-refractivity contribution in [2.75, 3.05) is 6.54 Å². The van der Waals surface area contributed by atoms with Crippen LogP contribution in [0.3, 0.4) is 0 Å². The summed E-state index contributed by atoms with van der Waals surface area (Å²) >= 11 is 5.93. The Bertz CT molecular complexity index is 573. The molecule has 1 aromatic carbocycles. The van der Waals surface area contributed by atoms with E-state index in [1.54, 1.807) is 0 Å². The van der Waals surface area contributed by atoms with Gasteiger partial charge in [0.25, 0.3) is 0 Å². The smallest absolute Gasteiger partial charge is 0.243 e. The number of aliphatic hydroxyl groups excluding tert-OH is 1.